The molecule has 0 aromatic rings. The number of Topliss-reactive ketones (excluding diaryl/α,β-unsaturated/α-hetero) is 1. The summed E-state index contributed by atoms with van der Waals surface area (Å²) >= 11 is 0. The fraction of sp³-hybridized carbons (Fsp3) is 0.875. The number of hydrogen-bond acceptors (Lipinski definition) is 8. The van der Waals surface area contributed by atoms with Crippen LogP contribution >= 0.6 is 0 Å². The van der Waals surface area contributed by atoms with Gasteiger partial charge in [-0.1, -0.05) is 6.92 Å². The lowest BCUT2D eigenvalue weighted by Gasteiger charge is -2.62. The van der Waals surface area contributed by atoms with Crippen molar-refractivity contribution in [3.8, 4) is 0 Å². The van der Waals surface area contributed by atoms with Crippen LogP contribution < -0.4 is 0 Å². The molecule has 2 saturated heterocycles. The molecule has 3 saturated carbocycles. The van der Waals surface area contributed by atoms with Gasteiger partial charge in [-0.15, -0.1) is 0 Å². The third kappa shape index (κ3) is 2.75. The Morgan fingerprint density at radius 3 is 2.75 bits per heavy atom. The van der Waals surface area contributed by atoms with Crippen molar-refractivity contribution < 1.29 is 38.4 Å². The van der Waals surface area contributed by atoms with Gasteiger partial charge in [0, 0.05) is 36.2 Å². The molecular weight excluding hydrogens is 416 g/mol. The van der Waals surface area contributed by atoms with Crippen molar-refractivity contribution in [3.05, 3.63) is 0 Å². The van der Waals surface area contributed by atoms with E-state index < -0.39 is 40.5 Å². The highest BCUT2D eigenvalue weighted by Crippen LogP contribution is 2.71. The van der Waals surface area contributed by atoms with Crippen LogP contribution in [0.4, 0.5) is 0 Å². The molecule has 8 nitrogen and oxygen atoms in total. The first-order valence-corrected chi connectivity index (χ1v) is 12.0. The Balaban J connectivity index is 1.57. The number of aliphatic hydroxyl groups is 1. The van der Waals surface area contributed by atoms with Gasteiger partial charge in [0.15, 0.2) is 12.1 Å². The largest absolute Gasteiger partial charge is 0.465 e. The Morgan fingerprint density at radius 2 is 2.03 bits per heavy atom. The van der Waals surface area contributed by atoms with Crippen LogP contribution in [0, 0.1) is 39.9 Å². The maximum absolute atomic E-state index is 13.8. The van der Waals surface area contributed by atoms with Crippen LogP contribution in [0.3, 0.4) is 0 Å². The topological polar surface area (TPSA) is 108 Å². The molecule has 0 aromatic heterocycles. The summed E-state index contributed by atoms with van der Waals surface area (Å²) in [5.41, 5.74) is -2.39. The number of fused-ring (bicyclic) bond motifs is 1. The van der Waals surface area contributed by atoms with Crippen molar-refractivity contribution in [1.29, 1.82) is 0 Å². The minimum Gasteiger partial charge on any atom is -0.465 e. The molecule has 5 aliphatic rings. The summed E-state index contributed by atoms with van der Waals surface area (Å²) in [6.07, 6.45) is 1.83. The standard InChI is InChI=1S/C24H34O8/c1-4-29-10-15-14-5-6-16-23(9-14,19(15)26)21(28)32-17-7-8-22(3,11-30-13(2)25)18-20(27)31-12-24(16,17)18/h14-18,20,27H,4-12H2,1-3H3/t14-,15-,16-,17+,18-,20-,22+,23+,24-/m1/s1. The summed E-state index contributed by atoms with van der Waals surface area (Å²) in [4.78, 5) is 38.9. The molecule has 2 aliphatic heterocycles. The average molecular weight is 451 g/mol. The quantitative estimate of drug-likeness (QED) is 0.500. The summed E-state index contributed by atoms with van der Waals surface area (Å²) < 4.78 is 23.0. The van der Waals surface area contributed by atoms with Gasteiger partial charge in [0.2, 0.25) is 0 Å². The smallest absolute Gasteiger partial charge is 0.320 e. The SMILES string of the molecule is CCOC[C@H]1C(=O)[C@]23C[C@H]1CC[C@H]2[C@@]12CO[C@@H](O)[C@@H]1[C@](C)(COC(C)=O)CC[C@@H]2OC3=O. The minimum atomic E-state index is -1.19. The molecule has 0 aromatic carbocycles. The zero-order valence-electron chi connectivity index (χ0n) is 19.1. The molecule has 2 heterocycles. The van der Waals surface area contributed by atoms with Gasteiger partial charge < -0.3 is 24.1 Å². The van der Waals surface area contributed by atoms with Crippen LogP contribution in [-0.2, 0) is 33.3 Å². The molecule has 3 aliphatic carbocycles. The molecular formula is C24H34O8. The Kier molecular flexibility index (Phi) is 5.23. The number of carbonyl (C=O) groups excluding carboxylic acids is 3. The highest BCUT2D eigenvalue weighted by Gasteiger charge is 2.78. The van der Waals surface area contributed by atoms with E-state index in [-0.39, 0.29) is 42.7 Å². The van der Waals surface area contributed by atoms with E-state index in [1.807, 2.05) is 13.8 Å². The minimum absolute atomic E-state index is 0.0522. The summed E-state index contributed by atoms with van der Waals surface area (Å²) in [5, 5.41) is 11.0. The zero-order chi connectivity index (χ0) is 22.9. The highest BCUT2D eigenvalue weighted by atomic mass is 16.6. The number of esters is 2. The zero-order valence-corrected chi connectivity index (χ0v) is 19.1. The van der Waals surface area contributed by atoms with Crippen molar-refractivity contribution in [3.63, 3.8) is 0 Å². The summed E-state index contributed by atoms with van der Waals surface area (Å²) in [6, 6.07) is 0. The van der Waals surface area contributed by atoms with E-state index in [9.17, 15) is 19.5 Å². The number of carbonyl (C=O) groups is 3. The van der Waals surface area contributed by atoms with Crippen molar-refractivity contribution in [1.82, 2.24) is 0 Å². The first kappa shape index (κ1) is 22.3. The Labute approximate surface area is 188 Å². The Morgan fingerprint density at radius 1 is 1.25 bits per heavy atom. The third-order valence-corrected chi connectivity index (χ3v) is 9.42. The second-order valence-electron chi connectivity index (χ2n) is 10.9. The maximum atomic E-state index is 13.8. The van der Waals surface area contributed by atoms with Gasteiger partial charge in [0.25, 0.3) is 0 Å². The molecule has 8 heteroatoms. The molecule has 5 rings (SSSR count). The predicted octanol–water partition coefficient (Wildman–Crippen LogP) is 1.86. The molecule has 178 valence electrons. The molecule has 32 heavy (non-hydrogen) atoms. The molecule has 2 bridgehead atoms. The summed E-state index contributed by atoms with van der Waals surface area (Å²) in [6.45, 7) is 6.57. The van der Waals surface area contributed by atoms with Gasteiger partial charge in [-0.3, -0.25) is 14.4 Å². The van der Waals surface area contributed by atoms with E-state index in [0.717, 1.165) is 12.8 Å². The summed E-state index contributed by atoms with van der Waals surface area (Å²) in [7, 11) is 0. The van der Waals surface area contributed by atoms with Crippen LogP contribution in [0.25, 0.3) is 0 Å². The molecule has 2 spiro atoms. The van der Waals surface area contributed by atoms with Gasteiger partial charge in [-0.2, -0.15) is 0 Å². The molecule has 9 atom stereocenters. The fourth-order valence-electron chi connectivity index (χ4n) is 8.18. The van der Waals surface area contributed by atoms with Crippen molar-refractivity contribution in [2.24, 2.45) is 39.9 Å². The second-order valence-corrected chi connectivity index (χ2v) is 10.9. The van der Waals surface area contributed by atoms with Crippen LogP contribution in [0.2, 0.25) is 0 Å². The van der Waals surface area contributed by atoms with Gasteiger partial charge in [-0.25, -0.2) is 0 Å². The van der Waals surface area contributed by atoms with Crippen LogP contribution in [0.15, 0.2) is 0 Å². The summed E-state index contributed by atoms with van der Waals surface area (Å²) in [5.74, 6) is -1.63. The van der Waals surface area contributed by atoms with E-state index in [2.05, 4.69) is 0 Å². The number of hydrogen-bond donors (Lipinski definition) is 1. The molecule has 0 radical (unpaired) electrons. The van der Waals surface area contributed by atoms with E-state index in [1.54, 1.807) is 0 Å². The highest BCUT2D eigenvalue weighted by molar-refractivity contribution is 6.08. The first-order valence-electron chi connectivity index (χ1n) is 12.0. The first-order chi connectivity index (χ1) is 15.2. The Bertz CT molecular complexity index is 827. The second kappa shape index (κ2) is 7.50. The normalized spacial score (nSPS) is 49.1. The van der Waals surface area contributed by atoms with Crippen molar-refractivity contribution >= 4 is 17.7 Å². The Hall–Kier alpha value is -1.51. The fourth-order valence-corrected chi connectivity index (χ4v) is 8.18. The number of rotatable bonds is 5. The van der Waals surface area contributed by atoms with Crippen LogP contribution in [0.1, 0.15) is 52.9 Å². The lowest BCUT2D eigenvalue weighted by atomic mass is 9.44. The van der Waals surface area contributed by atoms with E-state index >= 15 is 0 Å². The lowest BCUT2D eigenvalue weighted by molar-refractivity contribution is -0.242. The monoisotopic (exact) mass is 450 g/mol. The van der Waals surface area contributed by atoms with Gasteiger partial charge in [0.05, 0.1) is 19.8 Å². The van der Waals surface area contributed by atoms with Crippen molar-refractivity contribution in [2.75, 3.05) is 26.4 Å². The van der Waals surface area contributed by atoms with Crippen molar-refractivity contribution in [2.45, 2.75) is 65.3 Å². The van der Waals surface area contributed by atoms with E-state index in [1.165, 1.54) is 6.92 Å². The van der Waals surface area contributed by atoms with Gasteiger partial charge >= 0.3 is 11.9 Å². The van der Waals surface area contributed by atoms with E-state index in [4.69, 9.17) is 18.9 Å². The predicted molar refractivity (Wildman–Crippen MR) is 110 cm³/mol. The van der Waals surface area contributed by atoms with E-state index in [0.29, 0.717) is 32.5 Å². The third-order valence-electron chi connectivity index (χ3n) is 9.42. The maximum Gasteiger partial charge on any atom is 0.320 e. The molecule has 1 N–H and O–H groups in total. The van der Waals surface area contributed by atoms with Crippen LogP contribution in [0.5, 0.6) is 0 Å². The molecule has 0 unspecified atom stereocenters. The van der Waals surface area contributed by atoms with Gasteiger partial charge in [-0.05, 0) is 50.9 Å². The number of ether oxygens (including phenoxy) is 4. The molecule has 5 fully saturated rings. The average Bonchev–Trinajstić information content (AvgIpc) is 3.22. The number of aliphatic hydroxyl groups excluding tert-OH is 1. The molecule has 0 amide bonds. The van der Waals surface area contributed by atoms with Crippen LogP contribution in [-0.4, -0.2) is 61.6 Å². The van der Waals surface area contributed by atoms with Gasteiger partial charge in [0.1, 0.15) is 11.5 Å². The number of ketones is 1. The lowest BCUT2D eigenvalue weighted by Crippen LogP contribution is -2.69.